The molecule has 3 aromatic rings. The van der Waals surface area contributed by atoms with Crippen molar-refractivity contribution >= 4 is 29.2 Å². The molecule has 0 fully saturated rings. The molecular weight excluding hydrogens is 366 g/mol. The quantitative estimate of drug-likeness (QED) is 0.629. The Hall–Kier alpha value is -2.99. The highest BCUT2D eigenvalue weighted by Crippen LogP contribution is 2.32. The van der Waals surface area contributed by atoms with E-state index in [4.69, 9.17) is 21.1 Å². The van der Waals surface area contributed by atoms with E-state index in [9.17, 15) is 4.79 Å². The van der Waals surface area contributed by atoms with Crippen LogP contribution in [0.3, 0.4) is 0 Å². The van der Waals surface area contributed by atoms with Crippen molar-refractivity contribution < 1.29 is 14.3 Å². The normalized spacial score (nSPS) is 12.8. The first-order valence-corrected chi connectivity index (χ1v) is 9.01. The SMILES string of the molecule is CCN(Cc1ccc2c(c1)OCO2)C(=O)/C=C/c1c(Cl)nc2ccccn12. The number of nitrogens with zero attached hydrogens (tertiary/aromatic N) is 3. The lowest BCUT2D eigenvalue weighted by atomic mass is 10.2. The zero-order chi connectivity index (χ0) is 18.8. The predicted octanol–water partition coefficient (Wildman–Crippen LogP) is 3.78. The van der Waals surface area contributed by atoms with Crippen molar-refractivity contribution in [3.05, 3.63) is 65.1 Å². The smallest absolute Gasteiger partial charge is 0.246 e. The number of hydrogen-bond acceptors (Lipinski definition) is 4. The van der Waals surface area contributed by atoms with Crippen LogP contribution in [0.25, 0.3) is 11.7 Å². The number of halogens is 1. The van der Waals surface area contributed by atoms with Gasteiger partial charge in [0, 0.05) is 25.4 Å². The Balaban J connectivity index is 1.51. The monoisotopic (exact) mass is 383 g/mol. The standard InChI is InChI=1S/C20H18ClN3O3/c1-2-23(12-14-6-8-16-17(11-14)27-13-26-16)19(25)9-7-15-20(21)22-18-5-3-4-10-24(15)18/h3-11H,2,12-13H2,1H3/b9-7+. The number of fused-ring (bicyclic) bond motifs is 2. The van der Waals surface area contributed by atoms with Crippen molar-refractivity contribution in [3.8, 4) is 11.5 Å². The van der Waals surface area contributed by atoms with E-state index in [0.29, 0.717) is 29.7 Å². The van der Waals surface area contributed by atoms with Crippen molar-refractivity contribution in [1.29, 1.82) is 0 Å². The second-order valence-corrected chi connectivity index (χ2v) is 6.45. The first-order chi connectivity index (χ1) is 13.2. The number of benzene rings is 1. The van der Waals surface area contributed by atoms with Gasteiger partial charge in [-0.1, -0.05) is 23.7 Å². The summed E-state index contributed by atoms with van der Waals surface area (Å²) in [5.41, 5.74) is 2.40. The van der Waals surface area contributed by atoms with Gasteiger partial charge in [-0.05, 0) is 42.8 Å². The highest BCUT2D eigenvalue weighted by Gasteiger charge is 2.16. The maximum absolute atomic E-state index is 12.7. The zero-order valence-corrected chi connectivity index (χ0v) is 15.5. The van der Waals surface area contributed by atoms with Crippen LogP contribution in [0.1, 0.15) is 18.2 Å². The maximum Gasteiger partial charge on any atom is 0.246 e. The molecule has 3 heterocycles. The Morgan fingerprint density at radius 3 is 3.00 bits per heavy atom. The van der Waals surface area contributed by atoms with Crippen LogP contribution in [0.2, 0.25) is 5.15 Å². The van der Waals surface area contributed by atoms with Crippen molar-refractivity contribution in [3.63, 3.8) is 0 Å². The van der Waals surface area contributed by atoms with Gasteiger partial charge in [-0.15, -0.1) is 0 Å². The second-order valence-electron chi connectivity index (χ2n) is 6.09. The Labute approximate surface area is 161 Å². The van der Waals surface area contributed by atoms with E-state index >= 15 is 0 Å². The number of imidazole rings is 1. The Morgan fingerprint density at radius 1 is 1.30 bits per heavy atom. The highest BCUT2D eigenvalue weighted by molar-refractivity contribution is 6.31. The van der Waals surface area contributed by atoms with Gasteiger partial charge in [0.2, 0.25) is 12.7 Å². The molecule has 0 aliphatic carbocycles. The summed E-state index contributed by atoms with van der Waals surface area (Å²) in [5, 5.41) is 0.365. The summed E-state index contributed by atoms with van der Waals surface area (Å²) in [4.78, 5) is 18.7. The lowest BCUT2D eigenvalue weighted by Crippen LogP contribution is -2.28. The molecule has 0 N–H and O–H groups in total. The van der Waals surface area contributed by atoms with Gasteiger partial charge in [-0.2, -0.15) is 0 Å². The van der Waals surface area contributed by atoms with Gasteiger partial charge in [-0.25, -0.2) is 4.98 Å². The summed E-state index contributed by atoms with van der Waals surface area (Å²) >= 11 is 6.21. The first-order valence-electron chi connectivity index (χ1n) is 8.64. The number of pyridine rings is 1. The molecule has 2 aromatic heterocycles. The van der Waals surface area contributed by atoms with Gasteiger partial charge >= 0.3 is 0 Å². The number of amides is 1. The number of rotatable bonds is 5. The van der Waals surface area contributed by atoms with Gasteiger partial charge in [0.25, 0.3) is 0 Å². The van der Waals surface area contributed by atoms with Crippen molar-refractivity contribution in [1.82, 2.24) is 14.3 Å². The summed E-state index contributed by atoms with van der Waals surface area (Å²) in [6.07, 6.45) is 5.09. The predicted molar refractivity (Wildman–Crippen MR) is 103 cm³/mol. The lowest BCUT2D eigenvalue weighted by Gasteiger charge is -2.19. The van der Waals surface area contributed by atoms with Crippen molar-refractivity contribution in [2.75, 3.05) is 13.3 Å². The van der Waals surface area contributed by atoms with E-state index in [0.717, 1.165) is 17.0 Å². The molecule has 1 amide bonds. The fraction of sp³-hybridized carbons (Fsp3) is 0.200. The average molecular weight is 384 g/mol. The minimum atomic E-state index is -0.0999. The third-order valence-electron chi connectivity index (χ3n) is 4.41. The van der Waals surface area contributed by atoms with Crippen LogP contribution >= 0.6 is 11.6 Å². The molecule has 0 saturated carbocycles. The van der Waals surface area contributed by atoms with Crippen LogP contribution in [0.15, 0.2) is 48.7 Å². The maximum atomic E-state index is 12.7. The van der Waals surface area contributed by atoms with Crippen molar-refractivity contribution in [2.24, 2.45) is 0 Å². The molecule has 1 aliphatic heterocycles. The Morgan fingerprint density at radius 2 is 2.15 bits per heavy atom. The van der Waals surface area contributed by atoms with Crippen LogP contribution in [0, 0.1) is 0 Å². The third kappa shape index (κ3) is 3.48. The lowest BCUT2D eigenvalue weighted by molar-refractivity contribution is -0.126. The van der Waals surface area contributed by atoms with Crippen LogP contribution in [-0.4, -0.2) is 33.5 Å². The Bertz CT molecular complexity index is 1030. The fourth-order valence-corrected chi connectivity index (χ4v) is 3.24. The fourth-order valence-electron chi connectivity index (χ4n) is 3.00. The number of likely N-dealkylation sites (N-methyl/N-ethyl adjacent to an activating group) is 1. The van der Waals surface area contributed by atoms with Crippen LogP contribution < -0.4 is 9.47 Å². The summed E-state index contributed by atoms with van der Waals surface area (Å²) in [7, 11) is 0. The molecule has 0 spiro atoms. The van der Waals surface area contributed by atoms with Gasteiger partial charge in [0.1, 0.15) is 5.65 Å². The number of ether oxygens (including phenoxy) is 2. The van der Waals surface area contributed by atoms with Gasteiger partial charge in [-0.3, -0.25) is 9.20 Å². The van der Waals surface area contributed by atoms with E-state index in [1.807, 2.05) is 53.9 Å². The highest BCUT2D eigenvalue weighted by atomic mass is 35.5. The molecule has 7 heteroatoms. The van der Waals surface area contributed by atoms with Crippen LogP contribution in [0.4, 0.5) is 0 Å². The molecule has 27 heavy (non-hydrogen) atoms. The van der Waals surface area contributed by atoms with E-state index < -0.39 is 0 Å². The Kier molecular flexibility index (Phi) is 4.73. The summed E-state index contributed by atoms with van der Waals surface area (Å²) in [6, 6.07) is 11.4. The van der Waals surface area contributed by atoms with Crippen LogP contribution in [0.5, 0.6) is 11.5 Å². The van der Waals surface area contributed by atoms with Gasteiger partial charge in [0.15, 0.2) is 16.7 Å². The molecular formula is C20H18ClN3O3. The molecule has 1 aliphatic rings. The number of carbonyl (C=O) groups excluding carboxylic acids is 1. The molecule has 4 rings (SSSR count). The molecule has 0 bridgehead atoms. The molecule has 138 valence electrons. The van der Waals surface area contributed by atoms with Gasteiger partial charge in [0.05, 0.1) is 5.69 Å². The first kappa shape index (κ1) is 17.4. The van der Waals surface area contributed by atoms with E-state index in [2.05, 4.69) is 4.98 Å². The minimum absolute atomic E-state index is 0.0999. The summed E-state index contributed by atoms with van der Waals surface area (Å²) in [6.45, 7) is 3.24. The average Bonchev–Trinajstić information content (AvgIpc) is 3.27. The van der Waals surface area contributed by atoms with E-state index in [1.54, 1.807) is 11.0 Å². The number of hydrogen-bond donors (Lipinski definition) is 0. The summed E-state index contributed by atoms with van der Waals surface area (Å²) in [5.74, 6) is 1.34. The molecule has 0 atom stereocenters. The zero-order valence-electron chi connectivity index (χ0n) is 14.8. The molecule has 0 unspecified atom stereocenters. The number of carbonyl (C=O) groups is 1. The van der Waals surface area contributed by atoms with E-state index in [1.165, 1.54) is 6.08 Å². The van der Waals surface area contributed by atoms with Crippen molar-refractivity contribution in [2.45, 2.75) is 13.5 Å². The second kappa shape index (κ2) is 7.32. The number of aromatic nitrogens is 2. The molecule has 0 saturated heterocycles. The summed E-state index contributed by atoms with van der Waals surface area (Å²) < 4.78 is 12.6. The van der Waals surface area contributed by atoms with E-state index in [-0.39, 0.29) is 12.7 Å². The third-order valence-corrected chi connectivity index (χ3v) is 4.69. The van der Waals surface area contributed by atoms with Crippen LogP contribution in [-0.2, 0) is 11.3 Å². The van der Waals surface area contributed by atoms with Gasteiger partial charge < -0.3 is 14.4 Å². The molecule has 0 radical (unpaired) electrons. The molecule has 1 aromatic carbocycles. The molecule has 6 nitrogen and oxygen atoms in total. The largest absolute Gasteiger partial charge is 0.454 e. The minimum Gasteiger partial charge on any atom is -0.454 e. The topological polar surface area (TPSA) is 56.1 Å².